The van der Waals surface area contributed by atoms with Crippen molar-refractivity contribution in [3.8, 4) is 17.0 Å². The summed E-state index contributed by atoms with van der Waals surface area (Å²) >= 11 is 0. The van der Waals surface area contributed by atoms with E-state index < -0.39 is 5.97 Å². The largest absolute Gasteiger partial charge is 0.494 e. The summed E-state index contributed by atoms with van der Waals surface area (Å²) < 4.78 is 5.24. The van der Waals surface area contributed by atoms with Crippen LogP contribution >= 0.6 is 0 Å². The van der Waals surface area contributed by atoms with Crippen LogP contribution in [0.3, 0.4) is 0 Å². The average Bonchev–Trinajstić information content (AvgIpc) is 2.46. The van der Waals surface area contributed by atoms with Gasteiger partial charge in [-0.3, -0.25) is 9.78 Å². The van der Waals surface area contributed by atoms with Crippen LogP contribution < -0.4 is 4.74 Å². The summed E-state index contributed by atoms with van der Waals surface area (Å²) in [5.74, 6) is -0.752. The maximum Gasteiger partial charge on any atom is 0.337 e. The molecule has 108 valence electrons. The van der Waals surface area contributed by atoms with Crippen molar-refractivity contribution in [1.29, 1.82) is 0 Å². The zero-order valence-electron chi connectivity index (χ0n) is 12.0. The minimum absolute atomic E-state index is 0.0441. The molecular weight excluding hydrogens is 270 g/mol. The van der Waals surface area contributed by atoms with E-state index in [2.05, 4.69) is 4.98 Å². The number of carboxylic acid groups (broad SMARTS) is 1. The molecule has 21 heavy (non-hydrogen) atoms. The topological polar surface area (TPSA) is 76.5 Å². The number of rotatable bonds is 4. The molecular formula is C16H15NO4. The molecule has 0 aliphatic rings. The van der Waals surface area contributed by atoms with Gasteiger partial charge in [0.1, 0.15) is 11.4 Å². The van der Waals surface area contributed by atoms with Crippen LogP contribution in [-0.2, 0) is 0 Å². The van der Waals surface area contributed by atoms with Crippen LogP contribution in [0.1, 0.15) is 33.2 Å². The summed E-state index contributed by atoms with van der Waals surface area (Å²) in [7, 11) is 1.45. The lowest BCUT2D eigenvalue weighted by atomic mass is 9.99. The highest BCUT2D eigenvalue weighted by atomic mass is 16.5. The van der Waals surface area contributed by atoms with Crippen molar-refractivity contribution in [2.75, 3.05) is 7.11 Å². The van der Waals surface area contributed by atoms with Gasteiger partial charge in [-0.1, -0.05) is 12.1 Å². The fourth-order valence-corrected chi connectivity index (χ4v) is 2.02. The van der Waals surface area contributed by atoms with E-state index in [1.165, 1.54) is 26.3 Å². The zero-order chi connectivity index (χ0) is 15.6. The number of carboxylic acids is 1. The van der Waals surface area contributed by atoms with Crippen molar-refractivity contribution in [3.63, 3.8) is 0 Å². The molecule has 0 aliphatic carbocycles. The SMILES string of the molecule is COc1cc(C(=O)O)cnc1-c1cc(C(C)=O)ccc1C. The number of carbonyl (C=O) groups is 2. The van der Waals surface area contributed by atoms with Crippen LogP contribution in [-0.4, -0.2) is 29.0 Å². The number of ether oxygens (including phenoxy) is 1. The fraction of sp³-hybridized carbons (Fsp3) is 0.188. The quantitative estimate of drug-likeness (QED) is 0.874. The van der Waals surface area contributed by atoms with Crippen LogP contribution in [0.2, 0.25) is 0 Å². The lowest BCUT2D eigenvalue weighted by molar-refractivity contribution is 0.0696. The van der Waals surface area contributed by atoms with Gasteiger partial charge in [-0.15, -0.1) is 0 Å². The predicted molar refractivity (Wildman–Crippen MR) is 77.9 cm³/mol. The van der Waals surface area contributed by atoms with E-state index in [-0.39, 0.29) is 11.3 Å². The maximum atomic E-state index is 11.5. The summed E-state index contributed by atoms with van der Waals surface area (Å²) in [5.41, 5.74) is 2.81. The summed E-state index contributed by atoms with van der Waals surface area (Å²) in [5, 5.41) is 9.00. The van der Waals surface area contributed by atoms with E-state index in [9.17, 15) is 9.59 Å². The standard InChI is InChI=1S/C16H15NO4/c1-9-4-5-11(10(2)18)6-13(9)15-14(21-3)7-12(8-17-15)16(19)20/h4-8H,1-3H3,(H,19,20). The molecule has 0 unspecified atom stereocenters. The number of Topliss-reactive ketones (excluding diaryl/α,β-unsaturated/α-hetero) is 1. The van der Waals surface area contributed by atoms with Crippen LogP contribution in [0.15, 0.2) is 30.5 Å². The van der Waals surface area contributed by atoms with Gasteiger partial charge in [0.05, 0.1) is 12.7 Å². The molecule has 0 aliphatic heterocycles. The molecule has 1 aromatic heterocycles. The van der Waals surface area contributed by atoms with Crippen LogP contribution in [0, 0.1) is 6.92 Å². The summed E-state index contributed by atoms with van der Waals surface area (Å²) in [6.07, 6.45) is 1.28. The van der Waals surface area contributed by atoms with Crippen molar-refractivity contribution in [2.24, 2.45) is 0 Å². The van der Waals surface area contributed by atoms with Gasteiger partial charge in [-0.25, -0.2) is 4.79 Å². The van der Waals surface area contributed by atoms with Gasteiger partial charge < -0.3 is 9.84 Å². The molecule has 2 aromatic rings. The van der Waals surface area contributed by atoms with Gasteiger partial charge in [0.25, 0.3) is 0 Å². The van der Waals surface area contributed by atoms with E-state index in [4.69, 9.17) is 9.84 Å². The Morgan fingerprint density at radius 2 is 1.90 bits per heavy atom. The number of aromatic nitrogens is 1. The molecule has 0 radical (unpaired) electrons. The number of aryl methyl sites for hydroxylation is 1. The number of methoxy groups -OCH3 is 1. The second-order valence-corrected chi connectivity index (χ2v) is 4.67. The highest BCUT2D eigenvalue weighted by molar-refractivity contribution is 5.96. The minimum atomic E-state index is -1.07. The lowest BCUT2D eigenvalue weighted by Crippen LogP contribution is -2.01. The van der Waals surface area contributed by atoms with Gasteiger partial charge in [0.15, 0.2) is 5.78 Å². The molecule has 2 rings (SSSR count). The van der Waals surface area contributed by atoms with E-state index in [1.54, 1.807) is 12.1 Å². The molecule has 0 bridgehead atoms. The van der Waals surface area contributed by atoms with E-state index >= 15 is 0 Å². The first-order chi connectivity index (χ1) is 9.93. The highest BCUT2D eigenvalue weighted by Gasteiger charge is 2.15. The normalized spacial score (nSPS) is 10.2. The molecule has 1 aromatic carbocycles. The number of hydrogen-bond acceptors (Lipinski definition) is 4. The second-order valence-electron chi connectivity index (χ2n) is 4.67. The molecule has 0 fully saturated rings. The number of pyridine rings is 1. The van der Waals surface area contributed by atoms with Gasteiger partial charge in [-0.05, 0) is 31.5 Å². The first-order valence-corrected chi connectivity index (χ1v) is 6.33. The Kier molecular flexibility index (Phi) is 4.03. The molecule has 5 nitrogen and oxygen atoms in total. The third-order valence-electron chi connectivity index (χ3n) is 3.22. The summed E-state index contributed by atoms with van der Waals surface area (Å²) in [6, 6.07) is 6.74. The number of aromatic carboxylic acids is 1. The third-order valence-corrected chi connectivity index (χ3v) is 3.22. The Balaban J connectivity index is 2.63. The van der Waals surface area contributed by atoms with Crippen LogP contribution in [0.4, 0.5) is 0 Å². The lowest BCUT2D eigenvalue weighted by Gasteiger charge is -2.11. The number of nitrogens with zero attached hydrogens (tertiary/aromatic N) is 1. The first kappa shape index (κ1) is 14.7. The Labute approximate surface area is 122 Å². The summed E-state index contributed by atoms with van der Waals surface area (Å²) in [4.78, 5) is 26.7. The Bertz CT molecular complexity index is 722. The Hall–Kier alpha value is -2.69. The molecule has 5 heteroatoms. The van der Waals surface area contributed by atoms with E-state index in [0.717, 1.165) is 11.1 Å². The van der Waals surface area contributed by atoms with Crippen molar-refractivity contribution < 1.29 is 19.4 Å². The number of benzene rings is 1. The Morgan fingerprint density at radius 1 is 1.19 bits per heavy atom. The third kappa shape index (κ3) is 2.91. The minimum Gasteiger partial charge on any atom is -0.494 e. The van der Waals surface area contributed by atoms with Crippen LogP contribution in [0.25, 0.3) is 11.3 Å². The number of hydrogen-bond donors (Lipinski definition) is 1. The van der Waals surface area contributed by atoms with Gasteiger partial charge >= 0.3 is 5.97 Å². The van der Waals surface area contributed by atoms with Crippen molar-refractivity contribution in [2.45, 2.75) is 13.8 Å². The number of ketones is 1. The fourth-order valence-electron chi connectivity index (χ4n) is 2.02. The molecule has 1 N–H and O–H groups in total. The van der Waals surface area contributed by atoms with E-state index in [1.807, 2.05) is 13.0 Å². The molecule has 0 saturated carbocycles. The van der Waals surface area contributed by atoms with Gasteiger partial charge in [0, 0.05) is 17.3 Å². The van der Waals surface area contributed by atoms with Crippen molar-refractivity contribution >= 4 is 11.8 Å². The highest BCUT2D eigenvalue weighted by Crippen LogP contribution is 2.31. The van der Waals surface area contributed by atoms with Gasteiger partial charge in [0.2, 0.25) is 0 Å². The molecule has 0 atom stereocenters. The van der Waals surface area contributed by atoms with Crippen LogP contribution in [0.5, 0.6) is 5.75 Å². The van der Waals surface area contributed by atoms with Crippen molar-refractivity contribution in [3.05, 3.63) is 47.2 Å². The monoisotopic (exact) mass is 285 g/mol. The average molecular weight is 285 g/mol. The molecule has 1 heterocycles. The zero-order valence-corrected chi connectivity index (χ0v) is 12.0. The van der Waals surface area contributed by atoms with E-state index in [0.29, 0.717) is 17.0 Å². The first-order valence-electron chi connectivity index (χ1n) is 6.33. The predicted octanol–water partition coefficient (Wildman–Crippen LogP) is 2.97. The number of carbonyl (C=O) groups excluding carboxylic acids is 1. The second kappa shape index (κ2) is 5.75. The molecule has 0 amide bonds. The van der Waals surface area contributed by atoms with Gasteiger partial charge in [-0.2, -0.15) is 0 Å². The summed E-state index contributed by atoms with van der Waals surface area (Å²) in [6.45, 7) is 3.39. The molecule has 0 saturated heterocycles. The Morgan fingerprint density at radius 3 is 2.48 bits per heavy atom. The van der Waals surface area contributed by atoms with Crippen molar-refractivity contribution in [1.82, 2.24) is 4.98 Å². The maximum absolute atomic E-state index is 11.5. The smallest absolute Gasteiger partial charge is 0.337 e. The molecule has 0 spiro atoms.